The SMILES string of the molecule is c1ccc(-c2ccc(N(c3ccc(-c4ccc5c(c4)c4ccccc4c4oc(-c6ccccc6)c(-c6ccccc6)c54)cc3)c3cccc4c3sc3c(-c5ccccc5)cccc34)cc2)cc1. The third-order valence-electron chi connectivity index (χ3n) is 13.3. The number of nitrogens with zero attached hydrogens (tertiary/aromatic N) is 1. The van der Waals surface area contributed by atoms with Crippen molar-refractivity contribution in [3.8, 4) is 55.8 Å². The lowest BCUT2D eigenvalue weighted by Gasteiger charge is -2.26. The van der Waals surface area contributed by atoms with Crippen molar-refractivity contribution in [3.63, 3.8) is 0 Å². The second-order valence-electron chi connectivity index (χ2n) is 17.1. The van der Waals surface area contributed by atoms with Gasteiger partial charge in [0.25, 0.3) is 0 Å². The van der Waals surface area contributed by atoms with Crippen molar-refractivity contribution in [1.29, 1.82) is 0 Å². The van der Waals surface area contributed by atoms with Crippen LogP contribution < -0.4 is 4.90 Å². The molecule has 0 aliphatic carbocycles. The lowest BCUT2D eigenvalue weighted by atomic mass is 9.91. The molecule has 0 atom stereocenters. The van der Waals surface area contributed by atoms with Gasteiger partial charge < -0.3 is 9.32 Å². The van der Waals surface area contributed by atoms with Gasteiger partial charge in [0.15, 0.2) is 0 Å². The molecule has 0 aliphatic heterocycles. The van der Waals surface area contributed by atoms with Gasteiger partial charge in [0.1, 0.15) is 11.3 Å². The fourth-order valence-corrected chi connectivity index (χ4v) is 11.5. The first-order valence-electron chi connectivity index (χ1n) is 22.8. The summed E-state index contributed by atoms with van der Waals surface area (Å²) in [4.78, 5) is 2.43. The molecule has 2 aromatic heterocycles. The first-order valence-corrected chi connectivity index (χ1v) is 23.6. The van der Waals surface area contributed by atoms with E-state index >= 15 is 0 Å². The minimum Gasteiger partial charge on any atom is -0.455 e. The van der Waals surface area contributed by atoms with Crippen molar-refractivity contribution < 1.29 is 4.42 Å². The Morgan fingerprint density at radius 2 is 0.806 bits per heavy atom. The molecule has 0 unspecified atom stereocenters. The Hall–Kier alpha value is -8.50. The van der Waals surface area contributed by atoms with Gasteiger partial charge in [-0.2, -0.15) is 0 Å². The summed E-state index contributed by atoms with van der Waals surface area (Å²) in [5.74, 6) is 0.890. The van der Waals surface area contributed by atoms with Gasteiger partial charge in [-0.05, 0) is 91.5 Å². The van der Waals surface area contributed by atoms with Crippen LogP contribution in [0.25, 0.3) is 109 Å². The number of hydrogen-bond acceptors (Lipinski definition) is 3. The van der Waals surface area contributed by atoms with Crippen LogP contribution in [0.2, 0.25) is 0 Å². The molecule has 2 heterocycles. The summed E-state index contributed by atoms with van der Waals surface area (Å²) in [6.45, 7) is 0. The topological polar surface area (TPSA) is 16.4 Å². The van der Waals surface area contributed by atoms with Gasteiger partial charge in [-0.3, -0.25) is 0 Å². The lowest BCUT2D eigenvalue weighted by molar-refractivity contribution is 0.636. The third-order valence-corrected chi connectivity index (χ3v) is 14.6. The monoisotopic (exact) mass is 871 g/mol. The Labute approximate surface area is 392 Å². The van der Waals surface area contributed by atoms with E-state index in [1.165, 1.54) is 58.6 Å². The van der Waals surface area contributed by atoms with Crippen LogP contribution >= 0.6 is 11.3 Å². The molecule has 0 saturated carbocycles. The summed E-state index contributed by atoms with van der Waals surface area (Å²) in [6, 6.07) is 89.8. The molecule has 314 valence electrons. The van der Waals surface area contributed by atoms with E-state index in [0.29, 0.717) is 0 Å². The molecule has 0 spiro atoms. The number of thiophene rings is 1. The molecule has 13 aromatic rings. The van der Waals surface area contributed by atoms with Crippen LogP contribution in [0.1, 0.15) is 0 Å². The number of benzene rings is 11. The second-order valence-corrected chi connectivity index (χ2v) is 18.2. The zero-order chi connectivity index (χ0) is 44.3. The van der Waals surface area contributed by atoms with Gasteiger partial charge in [0.05, 0.1) is 10.4 Å². The van der Waals surface area contributed by atoms with E-state index in [0.717, 1.165) is 67.0 Å². The molecule has 2 nitrogen and oxygen atoms in total. The molecule has 0 N–H and O–H groups in total. The number of furan rings is 1. The number of rotatable bonds is 8. The third kappa shape index (κ3) is 6.63. The van der Waals surface area contributed by atoms with Crippen LogP contribution in [0.5, 0.6) is 0 Å². The molecule has 0 fully saturated rings. The predicted molar refractivity (Wildman–Crippen MR) is 286 cm³/mol. The van der Waals surface area contributed by atoms with Crippen LogP contribution in [0.3, 0.4) is 0 Å². The van der Waals surface area contributed by atoms with E-state index < -0.39 is 0 Å². The van der Waals surface area contributed by atoms with Crippen molar-refractivity contribution in [2.75, 3.05) is 4.90 Å². The van der Waals surface area contributed by atoms with E-state index in [4.69, 9.17) is 4.42 Å². The Kier molecular flexibility index (Phi) is 9.40. The van der Waals surface area contributed by atoms with E-state index in [1.54, 1.807) is 0 Å². The zero-order valence-electron chi connectivity index (χ0n) is 36.4. The van der Waals surface area contributed by atoms with Crippen molar-refractivity contribution >= 4 is 81.1 Å². The van der Waals surface area contributed by atoms with Crippen LogP contribution in [0.15, 0.2) is 253 Å². The molecule has 67 heavy (non-hydrogen) atoms. The molecule has 0 aliphatic rings. The molecule has 0 bridgehead atoms. The first kappa shape index (κ1) is 38.9. The zero-order valence-corrected chi connectivity index (χ0v) is 37.3. The molecule has 0 saturated heterocycles. The molecule has 11 aromatic carbocycles. The largest absolute Gasteiger partial charge is 0.455 e. The van der Waals surface area contributed by atoms with Gasteiger partial charge in [0, 0.05) is 48.7 Å². The van der Waals surface area contributed by atoms with Crippen molar-refractivity contribution in [3.05, 3.63) is 249 Å². The van der Waals surface area contributed by atoms with Crippen molar-refractivity contribution in [2.45, 2.75) is 0 Å². The van der Waals surface area contributed by atoms with E-state index in [-0.39, 0.29) is 0 Å². The maximum absolute atomic E-state index is 6.98. The summed E-state index contributed by atoms with van der Waals surface area (Å²) in [5, 5.41) is 8.34. The molecular weight excluding hydrogens is 831 g/mol. The van der Waals surface area contributed by atoms with Crippen LogP contribution in [0.4, 0.5) is 17.1 Å². The van der Waals surface area contributed by atoms with E-state index in [9.17, 15) is 0 Å². The molecule has 0 radical (unpaired) electrons. The normalized spacial score (nSPS) is 11.6. The van der Waals surface area contributed by atoms with Gasteiger partial charge in [-0.15, -0.1) is 11.3 Å². The maximum Gasteiger partial charge on any atom is 0.143 e. The Bertz CT molecular complexity index is 3930. The highest BCUT2D eigenvalue weighted by Gasteiger charge is 2.24. The Morgan fingerprint density at radius 3 is 1.46 bits per heavy atom. The fourth-order valence-electron chi connectivity index (χ4n) is 10.1. The smallest absolute Gasteiger partial charge is 0.143 e. The molecule has 3 heteroatoms. The van der Waals surface area contributed by atoms with Gasteiger partial charge in [-0.25, -0.2) is 0 Å². The van der Waals surface area contributed by atoms with E-state index in [2.05, 4.69) is 254 Å². The number of hydrogen-bond donors (Lipinski definition) is 0. The van der Waals surface area contributed by atoms with Crippen LogP contribution in [-0.4, -0.2) is 0 Å². The van der Waals surface area contributed by atoms with Gasteiger partial charge in [0.2, 0.25) is 0 Å². The summed E-state index contributed by atoms with van der Waals surface area (Å²) >= 11 is 1.88. The summed E-state index contributed by atoms with van der Waals surface area (Å²) in [6.07, 6.45) is 0. The van der Waals surface area contributed by atoms with Crippen LogP contribution in [0, 0.1) is 0 Å². The fraction of sp³-hybridized carbons (Fsp3) is 0. The molecular formula is C64H41NOS. The Morgan fingerprint density at radius 1 is 0.313 bits per heavy atom. The maximum atomic E-state index is 6.98. The minimum atomic E-state index is 0.890. The quantitative estimate of drug-likeness (QED) is 0.141. The number of anilines is 3. The highest BCUT2D eigenvalue weighted by molar-refractivity contribution is 7.27. The Balaban J connectivity index is 0.966. The lowest BCUT2D eigenvalue weighted by Crippen LogP contribution is -2.10. The highest BCUT2D eigenvalue weighted by Crippen LogP contribution is 2.50. The average Bonchev–Trinajstić information content (AvgIpc) is 4.01. The summed E-state index contributed by atoms with van der Waals surface area (Å²) in [7, 11) is 0. The molecule has 13 rings (SSSR count). The van der Waals surface area contributed by atoms with Crippen LogP contribution in [-0.2, 0) is 0 Å². The van der Waals surface area contributed by atoms with Crippen molar-refractivity contribution in [2.24, 2.45) is 0 Å². The predicted octanol–water partition coefficient (Wildman–Crippen LogP) is 18.9. The summed E-state index contributed by atoms with van der Waals surface area (Å²) < 4.78 is 9.54. The second kappa shape index (κ2) is 16.2. The first-order chi connectivity index (χ1) is 33.2. The van der Waals surface area contributed by atoms with Gasteiger partial charge in [-0.1, -0.05) is 212 Å². The average molecular weight is 872 g/mol. The minimum absolute atomic E-state index is 0.890. The van der Waals surface area contributed by atoms with E-state index in [1.807, 2.05) is 11.3 Å². The number of fused-ring (bicyclic) bond motifs is 9. The summed E-state index contributed by atoms with van der Waals surface area (Å²) in [5.41, 5.74) is 14.8. The molecule has 0 amide bonds. The highest BCUT2D eigenvalue weighted by atomic mass is 32.1. The van der Waals surface area contributed by atoms with Crippen molar-refractivity contribution in [1.82, 2.24) is 0 Å². The standard InChI is InChI=1S/C64H41NOS/c1-5-17-42(18-6-1)43-31-36-49(37-32-43)65(58-30-16-29-56-55-28-15-27-51(63(55)67-64(56)58)45-19-7-2-8-20-45)50-38-33-44(34-39-50)48-35-40-53-57(41-48)52-25-13-14-26-54(52)62-60(53)59(46-21-9-3-10-22-46)61(66-62)47-23-11-4-12-24-47/h1-41H. The van der Waals surface area contributed by atoms with Gasteiger partial charge >= 0.3 is 0 Å².